The average Bonchev–Trinajstić information content (AvgIpc) is 3.60. The number of nitrogens with zero attached hydrogens (tertiary/aromatic N) is 7. The number of nitrogens with one attached hydrogen (secondary N) is 2. The van der Waals surface area contributed by atoms with Gasteiger partial charge in [0.2, 0.25) is 5.95 Å². The van der Waals surface area contributed by atoms with Crippen LogP contribution >= 0.6 is 11.6 Å². The topological polar surface area (TPSA) is 245 Å². The fourth-order valence-corrected chi connectivity index (χ4v) is 5.31. The Bertz CT molecular complexity index is 1640. The number of carbonyl (C=O) groups excluding carboxylic acids is 2. The monoisotopic (exact) mass is 733 g/mol. The van der Waals surface area contributed by atoms with Crippen LogP contribution in [0.1, 0.15) is 53.8 Å². The first kappa shape index (κ1) is 38.0. The van der Waals surface area contributed by atoms with Crippen molar-refractivity contribution in [2.75, 3.05) is 43.7 Å². The number of aromatic nitrogens is 4. The predicted molar refractivity (Wildman–Crippen MR) is 177 cm³/mol. The fourth-order valence-electron chi connectivity index (χ4n) is 5.03. The third-order valence-electron chi connectivity index (χ3n) is 7.49. The van der Waals surface area contributed by atoms with E-state index in [2.05, 4.69) is 40.2 Å². The Labute approximate surface area is 296 Å². The first-order chi connectivity index (χ1) is 24.6. The number of carbonyl (C=O) groups is 2. The number of halogens is 1. The molecule has 1 aromatic carbocycles. The van der Waals surface area contributed by atoms with Crippen LogP contribution in [0.2, 0.25) is 5.02 Å². The lowest BCUT2D eigenvalue weighted by Crippen LogP contribution is -2.35. The van der Waals surface area contributed by atoms with E-state index in [1.165, 1.54) is 13.3 Å². The van der Waals surface area contributed by atoms with Crippen molar-refractivity contribution in [3.05, 3.63) is 85.1 Å². The van der Waals surface area contributed by atoms with Gasteiger partial charge in [-0.15, -0.1) is 20.2 Å². The fraction of sp³-hybridized carbons (Fsp3) is 0.467. The lowest BCUT2D eigenvalue weighted by atomic mass is 10.2. The second-order valence-electron chi connectivity index (χ2n) is 11.0. The van der Waals surface area contributed by atoms with Gasteiger partial charge in [-0.3, -0.25) is 4.79 Å². The van der Waals surface area contributed by atoms with Gasteiger partial charge >= 0.3 is 6.16 Å². The summed E-state index contributed by atoms with van der Waals surface area (Å²) < 4.78 is 15.7. The smallest absolute Gasteiger partial charge is 0.495 e. The molecule has 0 radical (unpaired) electrons. The minimum absolute atomic E-state index is 0.0222. The SMILES string of the molecule is COc1ccc(CNc2nc(N3CCC[C@H]3COC(=O)OCCCCC(CO[N+](=O)[O-])O[N+](=O)[O-])ncc2C(=O)NCc2ncccn2)cc1Cl. The molecule has 3 aromatic rings. The molecule has 3 heterocycles. The van der Waals surface area contributed by atoms with Crippen LogP contribution in [0.25, 0.3) is 0 Å². The normalized spacial score (nSPS) is 14.2. The molecule has 1 amide bonds. The van der Waals surface area contributed by atoms with Crippen LogP contribution in [0.5, 0.6) is 5.75 Å². The second kappa shape index (κ2) is 19.4. The van der Waals surface area contributed by atoms with Gasteiger partial charge in [0, 0.05) is 31.7 Å². The summed E-state index contributed by atoms with van der Waals surface area (Å²) in [6.45, 7) is 0.258. The molecule has 20 nitrogen and oxygen atoms in total. The predicted octanol–water partition coefficient (Wildman–Crippen LogP) is 3.55. The largest absolute Gasteiger partial charge is 0.508 e. The van der Waals surface area contributed by atoms with Crippen molar-refractivity contribution < 1.29 is 43.6 Å². The minimum Gasteiger partial charge on any atom is -0.495 e. The first-order valence-corrected chi connectivity index (χ1v) is 16.1. The molecule has 2 atom stereocenters. The van der Waals surface area contributed by atoms with Gasteiger partial charge in [0.1, 0.15) is 42.3 Å². The van der Waals surface area contributed by atoms with E-state index >= 15 is 0 Å². The Morgan fingerprint density at radius 2 is 1.90 bits per heavy atom. The van der Waals surface area contributed by atoms with Crippen molar-refractivity contribution >= 4 is 35.4 Å². The summed E-state index contributed by atoms with van der Waals surface area (Å²) >= 11 is 6.31. The Balaban J connectivity index is 1.34. The first-order valence-electron chi connectivity index (χ1n) is 15.7. The highest BCUT2D eigenvalue weighted by molar-refractivity contribution is 6.32. The van der Waals surface area contributed by atoms with E-state index in [1.54, 1.807) is 30.6 Å². The number of unbranched alkanes of at least 4 members (excludes halogenated alkanes) is 1. The minimum atomic E-state index is -1.14. The maximum atomic E-state index is 13.2. The van der Waals surface area contributed by atoms with E-state index in [1.807, 2.05) is 11.0 Å². The molecular formula is C30H36ClN9O11. The van der Waals surface area contributed by atoms with E-state index < -0.39 is 34.9 Å². The molecule has 2 aromatic heterocycles. The van der Waals surface area contributed by atoms with Crippen molar-refractivity contribution in [1.82, 2.24) is 25.3 Å². The van der Waals surface area contributed by atoms with Crippen molar-refractivity contribution in [3.8, 4) is 5.75 Å². The molecule has 0 saturated carbocycles. The Morgan fingerprint density at radius 3 is 2.63 bits per heavy atom. The molecule has 1 unspecified atom stereocenters. The maximum Gasteiger partial charge on any atom is 0.508 e. The molecule has 274 valence electrons. The molecule has 0 bridgehead atoms. The third-order valence-corrected chi connectivity index (χ3v) is 7.79. The van der Waals surface area contributed by atoms with Gasteiger partial charge < -0.3 is 39.4 Å². The van der Waals surface area contributed by atoms with Crippen molar-refractivity contribution in [2.24, 2.45) is 0 Å². The highest BCUT2D eigenvalue weighted by atomic mass is 35.5. The van der Waals surface area contributed by atoms with Gasteiger partial charge in [0.05, 0.1) is 31.3 Å². The molecule has 1 aliphatic rings. The maximum absolute atomic E-state index is 13.2. The zero-order chi connectivity index (χ0) is 36.6. The molecule has 1 saturated heterocycles. The number of hydrogen-bond acceptors (Lipinski definition) is 17. The van der Waals surface area contributed by atoms with Crippen molar-refractivity contribution in [1.29, 1.82) is 0 Å². The summed E-state index contributed by atoms with van der Waals surface area (Å²) in [4.78, 5) is 74.3. The van der Waals surface area contributed by atoms with Crippen LogP contribution in [0.4, 0.5) is 16.6 Å². The van der Waals surface area contributed by atoms with Gasteiger partial charge in [-0.1, -0.05) is 17.7 Å². The van der Waals surface area contributed by atoms with Gasteiger partial charge in [0.25, 0.3) is 16.1 Å². The molecular weight excluding hydrogens is 698 g/mol. The van der Waals surface area contributed by atoms with Crippen LogP contribution in [-0.2, 0) is 32.2 Å². The molecule has 51 heavy (non-hydrogen) atoms. The number of methoxy groups -OCH3 is 1. The Kier molecular flexibility index (Phi) is 14.5. The Hall–Kier alpha value is -5.79. The van der Waals surface area contributed by atoms with Crippen molar-refractivity contribution in [3.63, 3.8) is 0 Å². The van der Waals surface area contributed by atoms with Crippen LogP contribution < -0.4 is 20.3 Å². The standard InChI is InChI=1S/C30H36ClN9O11/c1-47-25-9-8-20(14-24(25)31)15-34-27-23(28(41)35-17-26-32-10-5-11-33-26)16-36-29(37-27)38-12-4-6-21(38)18-49-30(42)48-13-3-2-7-22(51-40(45)46)19-50-39(43)44/h5,8-11,14,16,21-22H,2-4,6-7,12-13,15,17-19H2,1H3,(H,35,41)(H,34,36,37)/t21-,22?/m0/s1. The van der Waals surface area contributed by atoms with E-state index in [0.29, 0.717) is 48.4 Å². The lowest BCUT2D eigenvalue weighted by molar-refractivity contribution is -0.790. The van der Waals surface area contributed by atoms with Gasteiger partial charge in [-0.25, -0.2) is 19.7 Å². The van der Waals surface area contributed by atoms with E-state index in [4.69, 9.17) is 25.8 Å². The second-order valence-corrected chi connectivity index (χ2v) is 11.4. The summed E-state index contributed by atoms with van der Waals surface area (Å²) in [6.07, 6.45) is 4.63. The molecule has 0 spiro atoms. The Morgan fingerprint density at radius 1 is 1.10 bits per heavy atom. The van der Waals surface area contributed by atoms with E-state index in [-0.39, 0.29) is 50.1 Å². The molecule has 2 N–H and O–H groups in total. The van der Waals surface area contributed by atoms with E-state index in [0.717, 1.165) is 12.0 Å². The average molecular weight is 734 g/mol. The number of ether oxygens (including phenoxy) is 3. The number of amides is 1. The molecule has 0 aliphatic carbocycles. The van der Waals surface area contributed by atoms with Crippen LogP contribution in [0.3, 0.4) is 0 Å². The molecule has 1 aliphatic heterocycles. The molecule has 1 fully saturated rings. The van der Waals surface area contributed by atoms with Crippen LogP contribution in [-0.4, -0.2) is 87.8 Å². The van der Waals surface area contributed by atoms with Crippen LogP contribution in [0, 0.1) is 20.2 Å². The third kappa shape index (κ3) is 12.2. The summed E-state index contributed by atoms with van der Waals surface area (Å²) in [7, 11) is 1.52. The zero-order valence-electron chi connectivity index (χ0n) is 27.5. The van der Waals surface area contributed by atoms with Crippen LogP contribution in [0.15, 0.2) is 42.9 Å². The van der Waals surface area contributed by atoms with Gasteiger partial charge in [-0.2, -0.15) is 4.98 Å². The summed E-state index contributed by atoms with van der Waals surface area (Å²) in [5, 5.41) is 25.3. The summed E-state index contributed by atoms with van der Waals surface area (Å²) in [5.74, 6) is 1.09. The number of hydrogen-bond donors (Lipinski definition) is 2. The number of rotatable bonds is 20. The molecule has 21 heteroatoms. The molecule has 4 rings (SSSR count). The van der Waals surface area contributed by atoms with Gasteiger partial charge in [-0.05, 0) is 55.9 Å². The summed E-state index contributed by atoms with van der Waals surface area (Å²) in [5.41, 5.74) is 0.996. The quantitative estimate of drug-likeness (QED) is 0.0729. The highest BCUT2D eigenvalue weighted by Crippen LogP contribution is 2.27. The zero-order valence-corrected chi connectivity index (χ0v) is 28.2. The lowest BCUT2D eigenvalue weighted by Gasteiger charge is -2.25. The highest BCUT2D eigenvalue weighted by Gasteiger charge is 2.29. The number of benzene rings is 1. The number of anilines is 2. The van der Waals surface area contributed by atoms with E-state index in [9.17, 15) is 29.8 Å². The van der Waals surface area contributed by atoms with Gasteiger partial charge in [0.15, 0.2) is 0 Å². The van der Waals surface area contributed by atoms with Crippen molar-refractivity contribution in [2.45, 2.75) is 57.3 Å². The summed E-state index contributed by atoms with van der Waals surface area (Å²) in [6, 6.07) is 6.70.